The lowest BCUT2D eigenvalue weighted by Crippen LogP contribution is -2.22. The first kappa shape index (κ1) is 15.0. The number of methoxy groups -OCH3 is 2. The largest absolute Gasteiger partial charge is 0.493 e. The maximum atomic E-state index is 12.3. The number of ether oxygens (including phenoxy) is 2. The van der Waals surface area contributed by atoms with Crippen LogP contribution in [0.15, 0.2) is 48.7 Å². The predicted molar refractivity (Wildman–Crippen MR) is 89.0 cm³/mol. The minimum atomic E-state index is -0.115. The molecule has 0 saturated heterocycles. The Morgan fingerprint density at radius 1 is 1.04 bits per heavy atom. The summed E-state index contributed by atoms with van der Waals surface area (Å²) in [7, 11) is 3.18. The Kier molecular flexibility index (Phi) is 4.19. The van der Waals surface area contributed by atoms with Crippen LogP contribution in [-0.4, -0.2) is 25.1 Å². The number of H-pyrrole nitrogens is 1. The number of aromatic amines is 1. The fourth-order valence-electron chi connectivity index (χ4n) is 2.46. The highest BCUT2D eigenvalue weighted by molar-refractivity contribution is 5.97. The summed E-state index contributed by atoms with van der Waals surface area (Å²) in [5, 5.41) is 4.00. The van der Waals surface area contributed by atoms with Crippen LogP contribution < -0.4 is 14.8 Å². The first-order valence-corrected chi connectivity index (χ1v) is 7.27. The van der Waals surface area contributed by atoms with E-state index in [2.05, 4.69) is 10.3 Å². The monoisotopic (exact) mass is 310 g/mol. The number of carbonyl (C=O) groups is 1. The first-order valence-electron chi connectivity index (χ1n) is 7.27. The Balaban J connectivity index is 1.71. The van der Waals surface area contributed by atoms with Crippen molar-refractivity contribution in [3.8, 4) is 11.5 Å². The summed E-state index contributed by atoms with van der Waals surface area (Å²) in [4.78, 5) is 15.4. The smallest absolute Gasteiger partial charge is 0.251 e. The summed E-state index contributed by atoms with van der Waals surface area (Å²) < 4.78 is 10.5. The topological polar surface area (TPSA) is 63.3 Å². The maximum absolute atomic E-state index is 12.3. The second-order valence-corrected chi connectivity index (χ2v) is 5.15. The van der Waals surface area contributed by atoms with E-state index in [0.29, 0.717) is 23.6 Å². The minimum absolute atomic E-state index is 0.115. The van der Waals surface area contributed by atoms with Crippen molar-refractivity contribution in [1.82, 2.24) is 10.3 Å². The second kappa shape index (κ2) is 6.44. The molecule has 5 heteroatoms. The number of benzene rings is 2. The SMILES string of the molecule is COc1ccc(CNC(=O)c2ccc3cc[nH]c3c2)cc1OC. The van der Waals surface area contributed by atoms with Crippen LogP contribution in [-0.2, 0) is 6.54 Å². The molecule has 0 aliphatic carbocycles. The third-order valence-electron chi connectivity index (χ3n) is 3.72. The molecule has 0 spiro atoms. The van der Waals surface area contributed by atoms with Crippen LogP contribution in [0.2, 0.25) is 0 Å². The zero-order valence-electron chi connectivity index (χ0n) is 13.1. The van der Waals surface area contributed by atoms with Gasteiger partial charge in [-0.3, -0.25) is 4.79 Å². The van der Waals surface area contributed by atoms with Gasteiger partial charge in [-0.05, 0) is 41.3 Å². The predicted octanol–water partition coefficient (Wildman–Crippen LogP) is 3.12. The zero-order valence-corrected chi connectivity index (χ0v) is 13.1. The van der Waals surface area contributed by atoms with Crippen LogP contribution in [0.25, 0.3) is 10.9 Å². The van der Waals surface area contributed by atoms with Crippen molar-refractivity contribution < 1.29 is 14.3 Å². The first-order chi connectivity index (χ1) is 11.2. The highest BCUT2D eigenvalue weighted by atomic mass is 16.5. The molecular weight excluding hydrogens is 292 g/mol. The minimum Gasteiger partial charge on any atom is -0.493 e. The standard InChI is InChI=1S/C18H18N2O3/c1-22-16-6-3-12(9-17(16)23-2)11-20-18(21)14-5-4-13-7-8-19-15(13)10-14/h3-10,19H,11H2,1-2H3,(H,20,21). The number of fused-ring (bicyclic) bond motifs is 1. The Bertz CT molecular complexity index is 839. The molecule has 23 heavy (non-hydrogen) atoms. The molecule has 118 valence electrons. The molecule has 0 aliphatic rings. The van der Waals surface area contributed by atoms with Gasteiger partial charge >= 0.3 is 0 Å². The third-order valence-corrected chi connectivity index (χ3v) is 3.72. The van der Waals surface area contributed by atoms with Gasteiger partial charge in [0.15, 0.2) is 11.5 Å². The molecule has 3 rings (SSSR count). The van der Waals surface area contributed by atoms with Crippen LogP contribution >= 0.6 is 0 Å². The van der Waals surface area contributed by atoms with Gasteiger partial charge in [0.2, 0.25) is 0 Å². The van der Waals surface area contributed by atoms with E-state index in [0.717, 1.165) is 16.5 Å². The van der Waals surface area contributed by atoms with Crippen molar-refractivity contribution in [3.05, 3.63) is 59.8 Å². The van der Waals surface area contributed by atoms with E-state index in [9.17, 15) is 4.79 Å². The average molecular weight is 310 g/mol. The zero-order chi connectivity index (χ0) is 16.2. The van der Waals surface area contributed by atoms with Gasteiger partial charge in [0.25, 0.3) is 5.91 Å². The van der Waals surface area contributed by atoms with Gasteiger partial charge in [-0.2, -0.15) is 0 Å². The van der Waals surface area contributed by atoms with E-state index in [-0.39, 0.29) is 5.91 Å². The Morgan fingerprint density at radius 2 is 1.87 bits per heavy atom. The van der Waals surface area contributed by atoms with Crippen molar-refractivity contribution >= 4 is 16.8 Å². The fourth-order valence-corrected chi connectivity index (χ4v) is 2.46. The molecule has 1 amide bonds. The van der Waals surface area contributed by atoms with Gasteiger partial charge in [0, 0.05) is 23.8 Å². The number of hydrogen-bond donors (Lipinski definition) is 2. The van der Waals surface area contributed by atoms with Crippen LogP contribution in [0, 0.1) is 0 Å². The maximum Gasteiger partial charge on any atom is 0.251 e. The van der Waals surface area contributed by atoms with Gasteiger partial charge in [-0.25, -0.2) is 0 Å². The van der Waals surface area contributed by atoms with Gasteiger partial charge in [-0.15, -0.1) is 0 Å². The summed E-state index contributed by atoms with van der Waals surface area (Å²) in [5.74, 6) is 1.20. The highest BCUT2D eigenvalue weighted by Gasteiger charge is 2.08. The summed E-state index contributed by atoms with van der Waals surface area (Å²) in [5.41, 5.74) is 2.51. The molecule has 3 aromatic rings. The number of rotatable bonds is 5. The van der Waals surface area contributed by atoms with Crippen molar-refractivity contribution in [1.29, 1.82) is 0 Å². The Morgan fingerprint density at radius 3 is 2.65 bits per heavy atom. The molecule has 0 fully saturated rings. The molecule has 1 heterocycles. The number of nitrogens with one attached hydrogen (secondary N) is 2. The lowest BCUT2D eigenvalue weighted by atomic mass is 10.1. The van der Waals surface area contributed by atoms with E-state index in [1.165, 1.54) is 0 Å². The van der Waals surface area contributed by atoms with Crippen molar-refractivity contribution in [2.75, 3.05) is 14.2 Å². The van der Waals surface area contributed by atoms with E-state index in [4.69, 9.17) is 9.47 Å². The van der Waals surface area contributed by atoms with Gasteiger partial charge < -0.3 is 19.8 Å². The normalized spacial score (nSPS) is 10.5. The van der Waals surface area contributed by atoms with E-state index in [1.807, 2.05) is 48.7 Å². The lowest BCUT2D eigenvalue weighted by molar-refractivity contribution is 0.0951. The molecule has 0 unspecified atom stereocenters. The number of carbonyl (C=O) groups excluding carboxylic acids is 1. The van der Waals surface area contributed by atoms with Crippen LogP contribution in [0.1, 0.15) is 15.9 Å². The summed E-state index contributed by atoms with van der Waals surface area (Å²) in [6.07, 6.45) is 1.86. The van der Waals surface area contributed by atoms with Gasteiger partial charge in [0.1, 0.15) is 0 Å². The van der Waals surface area contributed by atoms with E-state index in [1.54, 1.807) is 14.2 Å². The van der Waals surface area contributed by atoms with Crippen LogP contribution in [0.3, 0.4) is 0 Å². The molecule has 2 aromatic carbocycles. The summed E-state index contributed by atoms with van der Waals surface area (Å²) in [6, 6.07) is 13.1. The second-order valence-electron chi connectivity index (χ2n) is 5.15. The van der Waals surface area contributed by atoms with Crippen molar-refractivity contribution in [2.45, 2.75) is 6.54 Å². The third kappa shape index (κ3) is 3.13. The quantitative estimate of drug-likeness (QED) is 0.761. The van der Waals surface area contributed by atoms with Crippen LogP contribution in [0.4, 0.5) is 0 Å². The molecule has 5 nitrogen and oxygen atoms in total. The average Bonchev–Trinajstić information content (AvgIpc) is 3.06. The summed E-state index contributed by atoms with van der Waals surface area (Å²) >= 11 is 0. The highest BCUT2D eigenvalue weighted by Crippen LogP contribution is 2.27. The Hall–Kier alpha value is -2.95. The molecule has 2 N–H and O–H groups in total. The van der Waals surface area contributed by atoms with Crippen LogP contribution in [0.5, 0.6) is 11.5 Å². The van der Waals surface area contributed by atoms with Gasteiger partial charge in [-0.1, -0.05) is 12.1 Å². The summed E-state index contributed by atoms with van der Waals surface area (Å²) in [6.45, 7) is 0.419. The molecule has 0 atom stereocenters. The van der Waals surface area contributed by atoms with E-state index >= 15 is 0 Å². The van der Waals surface area contributed by atoms with E-state index < -0.39 is 0 Å². The Labute approximate surface area is 134 Å². The molecule has 0 radical (unpaired) electrons. The fraction of sp³-hybridized carbons (Fsp3) is 0.167. The van der Waals surface area contributed by atoms with Gasteiger partial charge in [0.05, 0.1) is 14.2 Å². The number of amides is 1. The molecule has 1 aromatic heterocycles. The van der Waals surface area contributed by atoms with Crippen molar-refractivity contribution in [3.63, 3.8) is 0 Å². The lowest BCUT2D eigenvalue weighted by Gasteiger charge is -2.10. The molecule has 0 bridgehead atoms. The number of hydrogen-bond acceptors (Lipinski definition) is 3. The molecular formula is C18H18N2O3. The molecule has 0 saturated carbocycles. The molecule has 0 aliphatic heterocycles. The number of aromatic nitrogens is 1. The van der Waals surface area contributed by atoms with Crippen molar-refractivity contribution in [2.24, 2.45) is 0 Å².